The lowest BCUT2D eigenvalue weighted by Gasteiger charge is -2.16. The number of aromatic amines is 3. The fourth-order valence-corrected chi connectivity index (χ4v) is 8.49. The molecule has 7 rings (SSSR count). The molecule has 16 heteroatoms. The Labute approximate surface area is 333 Å². The van der Waals surface area contributed by atoms with E-state index in [0.717, 1.165) is 16.0 Å². The van der Waals surface area contributed by atoms with E-state index in [9.17, 15) is 46.1 Å². The van der Waals surface area contributed by atoms with Crippen molar-refractivity contribution in [3.05, 3.63) is 109 Å². The van der Waals surface area contributed by atoms with Gasteiger partial charge in [0.2, 0.25) is 17.3 Å². The summed E-state index contributed by atoms with van der Waals surface area (Å²) in [4.78, 5) is 42.2. The van der Waals surface area contributed by atoms with Crippen LogP contribution in [0.15, 0.2) is 47.0 Å². The molecule has 0 saturated carbocycles. The molecular weight excluding hydrogens is 780 g/mol. The molecule has 0 aliphatic carbocycles. The molecule has 59 heavy (non-hydrogen) atoms. The van der Waals surface area contributed by atoms with Crippen LogP contribution in [0.25, 0.3) is 44.1 Å². The van der Waals surface area contributed by atoms with Crippen LogP contribution in [0, 0.1) is 6.92 Å². The highest BCUT2D eigenvalue weighted by Gasteiger charge is 2.38. The van der Waals surface area contributed by atoms with Crippen molar-refractivity contribution in [2.45, 2.75) is 91.5 Å². The SMILES string of the molecule is CC[C@H]1c2cc3[nH]c4c(c5[nH+]c(cc6nc(cc([nH]2)[C@@H]1C)C(=C(C)O)C=6C)C(C)=C5CCC(=O)OC)c(O)n(Cc1cc(C(F)(F)F)cc(C(F)(F)F)c1)c(=O)c4c3C. The second-order valence-electron chi connectivity index (χ2n) is 15.3. The zero-order valence-electron chi connectivity index (χ0n) is 33.2. The van der Waals surface area contributed by atoms with Gasteiger partial charge in [0.05, 0.1) is 52.5 Å². The second-order valence-corrected chi connectivity index (χ2v) is 15.3. The maximum Gasteiger partial charge on any atom is 0.416 e. The molecule has 5 N–H and O–H groups in total. The number of hydrogen-bond acceptors (Lipinski definition) is 6. The third-order valence-corrected chi connectivity index (χ3v) is 11.7. The molecule has 6 heterocycles. The van der Waals surface area contributed by atoms with Crippen LogP contribution in [0.2, 0.25) is 0 Å². The van der Waals surface area contributed by atoms with Crippen molar-refractivity contribution in [1.29, 1.82) is 0 Å². The van der Waals surface area contributed by atoms with Gasteiger partial charge in [-0.25, -0.2) is 9.97 Å². The van der Waals surface area contributed by atoms with Crippen LogP contribution < -0.4 is 15.9 Å². The molecule has 0 amide bonds. The summed E-state index contributed by atoms with van der Waals surface area (Å²) in [7, 11) is 1.24. The Kier molecular flexibility index (Phi) is 10.2. The number of aliphatic hydroxyl groups is 1. The maximum atomic E-state index is 14.5. The number of H-pyrrole nitrogens is 3. The summed E-state index contributed by atoms with van der Waals surface area (Å²) in [6.45, 7) is 10.1. The Hall–Kier alpha value is -6.06. The Morgan fingerprint density at radius 3 is 2.20 bits per heavy atom. The number of rotatable bonds is 6. The number of hydrogen-bond donors (Lipinski definition) is 4. The van der Waals surface area contributed by atoms with Crippen LogP contribution in [0.3, 0.4) is 0 Å². The van der Waals surface area contributed by atoms with Gasteiger partial charge in [-0.15, -0.1) is 0 Å². The van der Waals surface area contributed by atoms with Gasteiger partial charge in [-0.3, -0.25) is 14.2 Å². The largest absolute Gasteiger partial charge is 0.512 e. The van der Waals surface area contributed by atoms with E-state index >= 15 is 0 Å². The monoisotopic (exact) mass is 822 g/mol. The number of nitrogens with zero attached hydrogens (tertiary/aromatic N) is 2. The van der Waals surface area contributed by atoms with E-state index < -0.39 is 53.0 Å². The first-order chi connectivity index (χ1) is 27.6. The molecule has 8 bridgehead atoms. The van der Waals surface area contributed by atoms with Crippen LogP contribution in [-0.2, 0) is 28.4 Å². The van der Waals surface area contributed by atoms with Gasteiger partial charge in [0.15, 0.2) is 0 Å². The molecular formula is C43H42F6N5O5+. The number of pyridine rings is 1. The van der Waals surface area contributed by atoms with Crippen LogP contribution in [0.4, 0.5) is 26.3 Å². The number of carbonyl (C=O) groups is 1. The molecule has 3 aliphatic rings. The van der Waals surface area contributed by atoms with Crippen molar-refractivity contribution in [2.24, 2.45) is 0 Å². The molecule has 0 saturated heterocycles. The smallest absolute Gasteiger partial charge is 0.416 e. The molecule has 10 nitrogen and oxygen atoms in total. The Morgan fingerprint density at radius 2 is 1.61 bits per heavy atom. The summed E-state index contributed by atoms with van der Waals surface area (Å²) in [6.07, 6.45) is -9.62. The molecule has 0 radical (unpaired) electrons. The number of aromatic nitrogens is 5. The lowest BCUT2D eigenvalue weighted by atomic mass is 9.89. The minimum atomic E-state index is -5.15. The summed E-state index contributed by atoms with van der Waals surface area (Å²) in [5.74, 6) is -1.29. The number of aryl methyl sites for hydroxylation is 1. The molecule has 0 spiro atoms. The van der Waals surface area contributed by atoms with Gasteiger partial charge in [0.1, 0.15) is 5.39 Å². The standard InChI is InChI=1S/C43H41F6N5O5/c1-8-26-18(2)28-16-33-35(22(6)55)20(4)30(51-33)14-29-19(3)27(9-10-34(56)59-7)38(52-29)37-39-36(21(5)31(53-39)15-32(26)50-28)40(57)54(41(37)58)17-23-11-24(42(44,45)46)13-25(12-23)43(47,48)49/h11-16,18,26,50,53,55,58H,8-10,17H2,1-7H3/p+1/t18-,26-/m1/s1. The lowest BCUT2D eigenvalue weighted by Crippen LogP contribution is -2.23. The van der Waals surface area contributed by atoms with Crippen molar-refractivity contribution in [3.8, 4) is 5.88 Å². The minimum Gasteiger partial charge on any atom is -0.512 e. The van der Waals surface area contributed by atoms with Crippen molar-refractivity contribution < 1.29 is 51.1 Å². The normalized spacial score (nSPS) is 17.5. The summed E-state index contributed by atoms with van der Waals surface area (Å²) in [6, 6.07) is 6.53. The average Bonchev–Trinajstić information content (AvgIpc) is 3.84. The average molecular weight is 823 g/mol. The van der Waals surface area contributed by atoms with Crippen LogP contribution in [0.1, 0.15) is 116 Å². The maximum absolute atomic E-state index is 14.5. The number of carbonyl (C=O) groups excluding carboxylic acids is 1. The number of aromatic hydroxyl groups is 1. The van der Waals surface area contributed by atoms with Crippen molar-refractivity contribution >= 4 is 50.1 Å². The van der Waals surface area contributed by atoms with Gasteiger partial charge in [0.25, 0.3) is 5.56 Å². The van der Waals surface area contributed by atoms with Crippen molar-refractivity contribution in [2.75, 3.05) is 7.11 Å². The Morgan fingerprint density at radius 1 is 0.949 bits per heavy atom. The lowest BCUT2D eigenvalue weighted by molar-refractivity contribution is -0.379. The van der Waals surface area contributed by atoms with Gasteiger partial charge < -0.3 is 24.9 Å². The van der Waals surface area contributed by atoms with Crippen molar-refractivity contribution in [1.82, 2.24) is 19.5 Å². The third-order valence-electron chi connectivity index (χ3n) is 11.7. The van der Waals surface area contributed by atoms with Gasteiger partial charge in [-0.1, -0.05) is 13.8 Å². The van der Waals surface area contributed by atoms with Crippen molar-refractivity contribution in [3.63, 3.8) is 0 Å². The van der Waals surface area contributed by atoms with Crippen LogP contribution >= 0.6 is 0 Å². The summed E-state index contributed by atoms with van der Waals surface area (Å²) in [5, 5.41) is 23.6. The van der Waals surface area contributed by atoms with Gasteiger partial charge in [0, 0.05) is 57.9 Å². The number of alkyl halides is 6. The predicted molar refractivity (Wildman–Crippen MR) is 209 cm³/mol. The number of methoxy groups -OCH3 is 1. The fraction of sp³-hybridized carbons (Fsp3) is 0.349. The zero-order valence-corrected chi connectivity index (χ0v) is 33.2. The van der Waals surface area contributed by atoms with E-state index in [0.29, 0.717) is 68.7 Å². The molecule has 0 unspecified atom stereocenters. The Balaban J connectivity index is 1.67. The van der Waals surface area contributed by atoms with Crippen LogP contribution in [-0.4, -0.2) is 42.8 Å². The molecule has 4 aromatic rings. The van der Waals surface area contributed by atoms with Gasteiger partial charge in [-0.05, 0) is 87.6 Å². The third kappa shape index (κ3) is 7.11. The highest BCUT2D eigenvalue weighted by Crippen LogP contribution is 2.43. The van der Waals surface area contributed by atoms with E-state index in [-0.39, 0.29) is 58.5 Å². The first-order valence-corrected chi connectivity index (χ1v) is 18.9. The molecule has 3 aromatic heterocycles. The highest BCUT2D eigenvalue weighted by molar-refractivity contribution is 6.08. The summed E-state index contributed by atoms with van der Waals surface area (Å²) >= 11 is 0. The molecule has 2 atom stereocenters. The fourth-order valence-electron chi connectivity index (χ4n) is 8.49. The highest BCUT2D eigenvalue weighted by atomic mass is 19.4. The minimum absolute atomic E-state index is 0.00134. The number of aliphatic hydroxyl groups excluding tert-OH is 1. The number of nitrogens with one attached hydrogen (secondary N) is 3. The number of allylic oxidation sites excluding steroid dienone is 4. The molecule has 1 aromatic carbocycles. The quantitative estimate of drug-likeness (QED) is 0.0868. The van der Waals surface area contributed by atoms with E-state index in [4.69, 9.17) is 9.72 Å². The van der Waals surface area contributed by atoms with E-state index in [2.05, 4.69) is 21.9 Å². The number of benzene rings is 1. The second kappa shape index (κ2) is 14.6. The molecule has 310 valence electrons. The van der Waals surface area contributed by atoms with Gasteiger partial charge in [-0.2, -0.15) is 26.3 Å². The summed E-state index contributed by atoms with van der Waals surface area (Å²) in [5.41, 5.74) is 1.71. The van der Waals surface area contributed by atoms with E-state index in [1.165, 1.54) is 7.11 Å². The summed E-state index contributed by atoms with van der Waals surface area (Å²) < 4.78 is 89.4. The first-order valence-electron chi connectivity index (χ1n) is 18.9. The number of ether oxygens (including phenoxy) is 1. The number of halogens is 6. The van der Waals surface area contributed by atoms with Crippen LogP contribution in [0.5, 0.6) is 5.88 Å². The van der Waals surface area contributed by atoms with E-state index in [1.807, 2.05) is 26.0 Å². The number of esters is 1. The Bertz CT molecular complexity index is 2800. The zero-order chi connectivity index (χ0) is 43.0. The molecule has 3 aliphatic heterocycles. The molecule has 0 fully saturated rings. The van der Waals surface area contributed by atoms with E-state index in [1.54, 1.807) is 26.8 Å². The van der Waals surface area contributed by atoms with Gasteiger partial charge >= 0.3 is 18.3 Å². The number of fused-ring (bicyclic) bond motifs is 8. The predicted octanol–water partition coefficient (Wildman–Crippen LogP) is 8.93. The first kappa shape index (κ1) is 41.1. The topological polar surface area (TPSA) is 147 Å².